The third-order valence-electron chi connectivity index (χ3n) is 2.36. The van der Waals surface area contributed by atoms with Gasteiger partial charge in [-0.15, -0.1) is 0 Å². The number of aromatic nitrogens is 2. The van der Waals surface area contributed by atoms with Gasteiger partial charge < -0.3 is 5.32 Å². The monoisotopic (exact) mass is 297 g/mol. The van der Waals surface area contributed by atoms with Gasteiger partial charge in [-0.3, -0.25) is 0 Å². The van der Waals surface area contributed by atoms with Crippen LogP contribution in [0, 0.1) is 13.8 Å². The number of thiophene rings is 1. The number of halogens is 1. The third kappa shape index (κ3) is 1.97. The minimum atomic E-state index is 0.781. The highest BCUT2D eigenvalue weighted by Crippen LogP contribution is 2.33. The summed E-state index contributed by atoms with van der Waals surface area (Å²) >= 11 is 5.20. The lowest BCUT2D eigenvalue weighted by molar-refractivity contribution is 1.04. The molecule has 3 nitrogen and oxygen atoms in total. The lowest BCUT2D eigenvalue weighted by atomic mass is 10.1. The largest absolute Gasteiger partial charge is 0.373 e. The van der Waals surface area contributed by atoms with Crippen molar-refractivity contribution in [3.63, 3.8) is 0 Å². The Morgan fingerprint density at radius 1 is 1.25 bits per heavy atom. The van der Waals surface area contributed by atoms with Crippen molar-refractivity contribution in [3.05, 3.63) is 26.6 Å². The van der Waals surface area contributed by atoms with Gasteiger partial charge >= 0.3 is 0 Å². The minimum Gasteiger partial charge on any atom is -0.373 e. The molecular weight excluding hydrogens is 286 g/mol. The second kappa shape index (κ2) is 4.51. The predicted octanol–water partition coefficient (Wildman–Crippen LogP) is 3.63. The Bertz CT molecular complexity index is 522. The summed E-state index contributed by atoms with van der Waals surface area (Å²) in [6, 6.07) is 0. The Kier molecular flexibility index (Phi) is 3.25. The quantitative estimate of drug-likeness (QED) is 0.920. The van der Waals surface area contributed by atoms with Crippen molar-refractivity contribution in [2.45, 2.75) is 13.8 Å². The zero-order chi connectivity index (χ0) is 11.7. The molecule has 0 bridgehead atoms. The maximum Gasteiger partial charge on any atom is 0.132 e. The second-order valence-electron chi connectivity index (χ2n) is 3.48. The molecule has 0 aromatic carbocycles. The van der Waals surface area contributed by atoms with E-state index in [1.165, 1.54) is 0 Å². The van der Waals surface area contributed by atoms with Crippen molar-refractivity contribution in [2.75, 3.05) is 12.4 Å². The molecule has 0 aliphatic carbocycles. The standard InChI is InChI=1S/C11H12BrN3S/c1-6-10(8-4-16-5-9(8)12)14-7(2)15-11(6)13-3/h4-5H,1-3H3,(H,13,14,15). The van der Waals surface area contributed by atoms with Gasteiger partial charge in [0, 0.05) is 33.4 Å². The lowest BCUT2D eigenvalue weighted by Crippen LogP contribution is -2.02. The first kappa shape index (κ1) is 11.5. The van der Waals surface area contributed by atoms with Crippen LogP contribution in [-0.4, -0.2) is 17.0 Å². The van der Waals surface area contributed by atoms with E-state index in [-0.39, 0.29) is 0 Å². The average Bonchev–Trinajstić information content (AvgIpc) is 2.67. The number of rotatable bonds is 2. The topological polar surface area (TPSA) is 37.8 Å². The van der Waals surface area contributed by atoms with Crippen molar-refractivity contribution in [3.8, 4) is 11.3 Å². The summed E-state index contributed by atoms with van der Waals surface area (Å²) in [5, 5.41) is 7.25. The van der Waals surface area contributed by atoms with Crippen LogP contribution in [0.2, 0.25) is 0 Å². The van der Waals surface area contributed by atoms with Crippen LogP contribution >= 0.6 is 27.3 Å². The van der Waals surface area contributed by atoms with Gasteiger partial charge in [0.2, 0.25) is 0 Å². The van der Waals surface area contributed by atoms with E-state index >= 15 is 0 Å². The average molecular weight is 298 g/mol. The van der Waals surface area contributed by atoms with Crippen molar-refractivity contribution < 1.29 is 0 Å². The van der Waals surface area contributed by atoms with Gasteiger partial charge in [-0.25, -0.2) is 9.97 Å². The van der Waals surface area contributed by atoms with Crippen molar-refractivity contribution >= 4 is 33.1 Å². The molecule has 2 heterocycles. The zero-order valence-electron chi connectivity index (χ0n) is 9.34. The molecule has 0 spiro atoms. The lowest BCUT2D eigenvalue weighted by Gasteiger charge is -2.10. The SMILES string of the molecule is CNc1nc(C)nc(-c2cscc2Br)c1C. The fourth-order valence-corrected chi connectivity index (χ4v) is 3.05. The van der Waals surface area contributed by atoms with Crippen molar-refractivity contribution in [1.29, 1.82) is 0 Å². The second-order valence-corrected chi connectivity index (χ2v) is 5.07. The maximum absolute atomic E-state index is 4.51. The number of aryl methyl sites for hydroxylation is 1. The smallest absolute Gasteiger partial charge is 0.132 e. The van der Waals surface area contributed by atoms with Crippen LogP contribution in [0.25, 0.3) is 11.3 Å². The molecule has 2 rings (SSSR count). The molecular formula is C11H12BrN3S. The first-order valence-electron chi connectivity index (χ1n) is 4.88. The number of hydrogen-bond acceptors (Lipinski definition) is 4. The number of nitrogens with zero attached hydrogens (tertiary/aromatic N) is 2. The van der Waals surface area contributed by atoms with Gasteiger partial charge in [0.25, 0.3) is 0 Å². The van der Waals surface area contributed by atoms with Gasteiger partial charge in [-0.2, -0.15) is 11.3 Å². The molecule has 2 aromatic rings. The van der Waals surface area contributed by atoms with E-state index < -0.39 is 0 Å². The third-order valence-corrected chi connectivity index (χ3v) is 4.07. The molecule has 0 fully saturated rings. The van der Waals surface area contributed by atoms with Crippen LogP contribution in [0.3, 0.4) is 0 Å². The Morgan fingerprint density at radius 2 is 2.00 bits per heavy atom. The molecule has 0 aliphatic heterocycles. The van der Waals surface area contributed by atoms with E-state index in [1.807, 2.05) is 20.9 Å². The minimum absolute atomic E-state index is 0.781. The summed E-state index contributed by atoms with van der Waals surface area (Å²) in [6.45, 7) is 3.94. The van der Waals surface area contributed by atoms with Gasteiger partial charge in [0.15, 0.2) is 0 Å². The fourth-order valence-electron chi connectivity index (χ4n) is 1.58. The van der Waals surface area contributed by atoms with Gasteiger partial charge in [-0.1, -0.05) is 0 Å². The Labute approximate surface area is 107 Å². The molecule has 5 heteroatoms. The molecule has 0 amide bonds. The van der Waals surface area contributed by atoms with Crippen LogP contribution in [-0.2, 0) is 0 Å². The van der Waals surface area contributed by atoms with E-state index in [2.05, 4.69) is 42.0 Å². The van der Waals surface area contributed by atoms with E-state index in [9.17, 15) is 0 Å². The summed E-state index contributed by atoms with van der Waals surface area (Å²) in [4.78, 5) is 8.87. The molecule has 0 saturated heterocycles. The Morgan fingerprint density at radius 3 is 2.56 bits per heavy atom. The summed E-state index contributed by atoms with van der Waals surface area (Å²) < 4.78 is 1.08. The first-order valence-corrected chi connectivity index (χ1v) is 6.62. The van der Waals surface area contributed by atoms with Crippen LogP contribution in [0.15, 0.2) is 15.2 Å². The molecule has 2 aromatic heterocycles. The van der Waals surface area contributed by atoms with Crippen LogP contribution in [0.1, 0.15) is 11.4 Å². The van der Waals surface area contributed by atoms with Gasteiger partial charge in [-0.05, 0) is 29.8 Å². The van der Waals surface area contributed by atoms with Crippen LogP contribution in [0.4, 0.5) is 5.82 Å². The van der Waals surface area contributed by atoms with E-state index in [1.54, 1.807) is 11.3 Å². The highest BCUT2D eigenvalue weighted by molar-refractivity contribution is 9.10. The summed E-state index contributed by atoms with van der Waals surface area (Å²) in [7, 11) is 1.88. The molecule has 0 aliphatic rings. The number of anilines is 1. The number of nitrogens with one attached hydrogen (secondary N) is 1. The van der Waals surface area contributed by atoms with E-state index in [4.69, 9.17) is 0 Å². The molecule has 16 heavy (non-hydrogen) atoms. The zero-order valence-corrected chi connectivity index (χ0v) is 11.7. The molecule has 0 radical (unpaired) electrons. The summed E-state index contributed by atoms with van der Waals surface area (Å²) in [5.41, 5.74) is 3.20. The molecule has 0 atom stereocenters. The maximum atomic E-state index is 4.51. The molecule has 84 valence electrons. The normalized spacial score (nSPS) is 10.5. The van der Waals surface area contributed by atoms with Crippen molar-refractivity contribution in [2.24, 2.45) is 0 Å². The summed E-state index contributed by atoms with van der Waals surface area (Å²) in [6.07, 6.45) is 0. The van der Waals surface area contributed by atoms with Crippen molar-refractivity contribution in [1.82, 2.24) is 9.97 Å². The van der Waals surface area contributed by atoms with Crippen LogP contribution < -0.4 is 5.32 Å². The van der Waals surface area contributed by atoms with Gasteiger partial charge in [0.1, 0.15) is 11.6 Å². The first-order chi connectivity index (χ1) is 7.63. The molecule has 0 saturated carbocycles. The van der Waals surface area contributed by atoms with Crippen LogP contribution in [0.5, 0.6) is 0 Å². The highest BCUT2D eigenvalue weighted by atomic mass is 79.9. The van der Waals surface area contributed by atoms with Gasteiger partial charge in [0.05, 0.1) is 5.69 Å². The predicted molar refractivity (Wildman–Crippen MR) is 72.1 cm³/mol. The Hall–Kier alpha value is -0.940. The molecule has 0 unspecified atom stereocenters. The number of hydrogen-bond donors (Lipinski definition) is 1. The summed E-state index contributed by atoms with van der Waals surface area (Å²) in [5.74, 6) is 1.67. The Balaban J connectivity index is 2.65. The molecule has 1 N–H and O–H groups in total. The van der Waals surface area contributed by atoms with E-state index in [0.29, 0.717) is 0 Å². The highest BCUT2D eigenvalue weighted by Gasteiger charge is 2.13. The fraction of sp³-hybridized carbons (Fsp3) is 0.273. The van der Waals surface area contributed by atoms with E-state index in [0.717, 1.165) is 32.9 Å².